The van der Waals surface area contributed by atoms with Crippen molar-refractivity contribution in [1.29, 1.82) is 0 Å². The number of hydrogen-bond donors (Lipinski definition) is 0. The van der Waals surface area contributed by atoms with Crippen LogP contribution in [0.1, 0.15) is 254 Å². The molecule has 0 saturated carbocycles. The van der Waals surface area contributed by atoms with Gasteiger partial charge in [0.15, 0.2) is 0 Å². The minimum atomic E-state index is -0.325. The molecule has 4 aliphatic carbocycles. The molecule has 0 spiro atoms. The summed E-state index contributed by atoms with van der Waals surface area (Å²) in [4.78, 5) is 2.65. The highest BCUT2D eigenvalue weighted by atomic mass is 16.3. The van der Waals surface area contributed by atoms with Crippen molar-refractivity contribution < 1.29 is 13.3 Å². The second-order valence-corrected chi connectivity index (χ2v) is 31.9. The quantitative estimate of drug-likeness (QED) is 0.0481. The molecule has 0 unspecified atom stereocenters. The fourth-order valence-electron chi connectivity index (χ4n) is 20.3. The molecule has 0 bridgehead atoms. The van der Waals surface area contributed by atoms with Gasteiger partial charge in [-0.1, -0.05) is 287 Å². The van der Waals surface area contributed by atoms with E-state index in [-0.39, 0.29) is 21.7 Å². The van der Waals surface area contributed by atoms with Crippen LogP contribution in [0.2, 0.25) is 0 Å². The van der Waals surface area contributed by atoms with E-state index in [2.05, 4.69) is 236 Å². The van der Waals surface area contributed by atoms with Crippen LogP contribution in [-0.4, -0.2) is 0 Å². The predicted octanol–water partition coefficient (Wildman–Crippen LogP) is 29.4. The Labute approximate surface area is 593 Å². The lowest BCUT2D eigenvalue weighted by atomic mass is 9.62. The molecule has 0 radical (unpaired) electrons. The summed E-state index contributed by atoms with van der Waals surface area (Å²) in [5.41, 5.74) is 31.2. The smallest absolute Gasteiger partial charge is 0.144 e. The largest absolute Gasteiger partial charge is 0.456 e. The number of nitrogens with zero attached hydrogens (tertiary/aromatic N) is 1. The highest BCUT2D eigenvalue weighted by molar-refractivity contribution is 6.22. The van der Waals surface area contributed by atoms with Gasteiger partial charge in [-0.3, -0.25) is 0 Å². The van der Waals surface area contributed by atoms with Gasteiger partial charge < -0.3 is 18.2 Å². The molecule has 0 aliphatic heterocycles. The molecule has 508 valence electrons. The normalized spacial score (nSPS) is 15.3. The Balaban J connectivity index is 0.912. The third-order valence-electron chi connectivity index (χ3n) is 25.2. The molecular weight excluding hydrogens is 1220 g/mol. The van der Waals surface area contributed by atoms with Crippen LogP contribution in [0.15, 0.2) is 189 Å². The summed E-state index contributed by atoms with van der Waals surface area (Å²) >= 11 is 0. The van der Waals surface area contributed by atoms with Gasteiger partial charge >= 0.3 is 0 Å². The van der Waals surface area contributed by atoms with Gasteiger partial charge in [0.05, 0.1) is 11.1 Å². The second-order valence-electron chi connectivity index (χ2n) is 31.9. The van der Waals surface area contributed by atoms with Gasteiger partial charge in [0.1, 0.15) is 33.5 Å². The SMILES string of the molecule is CCCCCCCC1(CCCCCCC)c2ccccc2-c2c1c1c(c3c2oc2ccccc23)-c2ccc(N(c3ccc4c(c3)C(C)(C)c3cc5c(cc3-4)C(C)(C)c3ccc4oc6ccccc6c4c3-5)c3cccc4oc5ccccc5c34)cc2C1(CCCCCCC)CCCCCCC. The van der Waals surface area contributed by atoms with Crippen LogP contribution in [0, 0.1) is 0 Å². The van der Waals surface area contributed by atoms with Crippen LogP contribution < -0.4 is 4.90 Å². The molecule has 10 aromatic carbocycles. The molecular formula is C96H101NO3. The first-order valence-electron chi connectivity index (χ1n) is 39.2. The van der Waals surface area contributed by atoms with E-state index in [0.717, 1.165) is 81.3 Å². The Hall–Kier alpha value is -8.60. The number of benzene rings is 10. The summed E-state index contributed by atoms with van der Waals surface area (Å²) in [6.07, 6.45) is 29.6. The summed E-state index contributed by atoms with van der Waals surface area (Å²) < 4.78 is 21.1. The molecule has 0 fully saturated rings. The molecule has 4 aliphatic rings. The van der Waals surface area contributed by atoms with Gasteiger partial charge in [-0.25, -0.2) is 0 Å². The molecule has 0 amide bonds. The Bertz CT molecular complexity index is 5280. The topological polar surface area (TPSA) is 42.7 Å². The lowest BCUT2D eigenvalue weighted by molar-refractivity contribution is 0.369. The molecule has 3 aromatic heterocycles. The van der Waals surface area contributed by atoms with E-state index in [4.69, 9.17) is 13.3 Å². The molecule has 4 heteroatoms. The van der Waals surface area contributed by atoms with Crippen molar-refractivity contribution in [3.8, 4) is 44.5 Å². The third-order valence-corrected chi connectivity index (χ3v) is 25.2. The number of rotatable bonds is 27. The molecule has 100 heavy (non-hydrogen) atoms. The second kappa shape index (κ2) is 25.8. The van der Waals surface area contributed by atoms with E-state index in [0.29, 0.717) is 0 Å². The highest BCUT2D eigenvalue weighted by Gasteiger charge is 2.54. The number of para-hydroxylation sites is 3. The fourth-order valence-corrected chi connectivity index (χ4v) is 20.3. The van der Waals surface area contributed by atoms with Crippen molar-refractivity contribution in [2.24, 2.45) is 0 Å². The van der Waals surface area contributed by atoms with E-state index in [1.54, 1.807) is 16.7 Å². The average Bonchev–Trinajstić information content (AvgIpc) is 1.50. The average molecular weight is 1320 g/mol. The summed E-state index contributed by atoms with van der Waals surface area (Å²) in [7, 11) is 0. The van der Waals surface area contributed by atoms with E-state index in [1.807, 2.05) is 0 Å². The van der Waals surface area contributed by atoms with Crippen molar-refractivity contribution >= 4 is 82.9 Å². The molecule has 0 atom stereocenters. The zero-order valence-corrected chi connectivity index (χ0v) is 60.9. The van der Waals surface area contributed by atoms with Crippen LogP contribution in [0.5, 0.6) is 0 Å². The fraction of sp³-hybridized carbons (Fsp3) is 0.375. The molecule has 4 nitrogen and oxygen atoms in total. The van der Waals surface area contributed by atoms with Crippen molar-refractivity contribution in [3.05, 3.63) is 220 Å². The van der Waals surface area contributed by atoms with Crippen LogP contribution >= 0.6 is 0 Å². The first-order valence-corrected chi connectivity index (χ1v) is 39.2. The standard InChI is InChI=1S/C96H101NO3/c1-9-13-17-21-33-54-95(55-34-22-18-14-10-2)72-42-29-25-38-65(72)89-91(95)90-87(88-69-41-28-32-46-81(69)100-92(88)89)66-51-49-63(59-77(66)96(90,56-35-23-19-15-11-3)57-36-24-20-16-12-4)97(78-43-37-47-82-85(78)67-39-26-30-44-79(67)98-82)62-48-50-64-70-60-76-71(61-75(70)94(7,8)74(64)58-62)84-73(93(76,5)6)52-53-83-86(84)68-40-27-31-45-80(68)99-83/h25-32,37-53,58-61H,9-24,33-36,54-57H2,1-8H3. The number of fused-ring (bicyclic) bond motifs is 25. The maximum Gasteiger partial charge on any atom is 0.144 e. The molecule has 0 N–H and O–H groups in total. The molecule has 17 rings (SSSR count). The summed E-state index contributed by atoms with van der Waals surface area (Å²) in [6, 6.07) is 68.1. The summed E-state index contributed by atoms with van der Waals surface area (Å²) in [6.45, 7) is 19.3. The number of anilines is 3. The van der Waals surface area contributed by atoms with Gasteiger partial charge in [-0.2, -0.15) is 0 Å². The number of unbranched alkanes of at least 4 members (excludes halogenated alkanes) is 16. The van der Waals surface area contributed by atoms with Crippen molar-refractivity contribution in [2.75, 3.05) is 4.90 Å². The van der Waals surface area contributed by atoms with Crippen LogP contribution in [0.4, 0.5) is 17.1 Å². The Morgan fingerprint density at radius 1 is 0.290 bits per heavy atom. The Morgan fingerprint density at radius 2 is 0.730 bits per heavy atom. The van der Waals surface area contributed by atoms with Gasteiger partial charge in [0.2, 0.25) is 0 Å². The monoisotopic (exact) mass is 1320 g/mol. The van der Waals surface area contributed by atoms with E-state index in [9.17, 15) is 0 Å². The lowest BCUT2D eigenvalue weighted by Gasteiger charge is -2.40. The number of hydrogen-bond acceptors (Lipinski definition) is 4. The predicted molar refractivity (Wildman–Crippen MR) is 424 cm³/mol. The zero-order valence-electron chi connectivity index (χ0n) is 60.9. The van der Waals surface area contributed by atoms with E-state index < -0.39 is 0 Å². The maximum atomic E-state index is 7.60. The Kier molecular flexibility index (Phi) is 16.7. The highest BCUT2D eigenvalue weighted by Crippen LogP contribution is 2.68. The molecule has 13 aromatic rings. The minimum Gasteiger partial charge on any atom is -0.456 e. The van der Waals surface area contributed by atoms with Crippen LogP contribution in [0.25, 0.3) is 110 Å². The van der Waals surface area contributed by atoms with Crippen molar-refractivity contribution in [1.82, 2.24) is 0 Å². The van der Waals surface area contributed by atoms with Crippen LogP contribution in [0.3, 0.4) is 0 Å². The van der Waals surface area contributed by atoms with Gasteiger partial charge in [0, 0.05) is 65.5 Å². The van der Waals surface area contributed by atoms with Crippen LogP contribution in [-0.2, 0) is 21.7 Å². The van der Waals surface area contributed by atoms with Gasteiger partial charge in [0.25, 0.3) is 0 Å². The number of furan rings is 3. The summed E-state index contributed by atoms with van der Waals surface area (Å²) in [5, 5.41) is 7.25. The van der Waals surface area contributed by atoms with E-state index >= 15 is 0 Å². The summed E-state index contributed by atoms with van der Waals surface area (Å²) in [5.74, 6) is 0. The zero-order chi connectivity index (χ0) is 68.1. The lowest BCUT2D eigenvalue weighted by Crippen LogP contribution is -2.33. The van der Waals surface area contributed by atoms with Crippen molar-refractivity contribution in [2.45, 2.75) is 231 Å². The maximum absolute atomic E-state index is 7.60. The van der Waals surface area contributed by atoms with Gasteiger partial charge in [-0.05, 0) is 182 Å². The van der Waals surface area contributed by atoms with Gasteiger partial charge in [-0.15, -0.1) is 0 Å². The minimum absolute atomic E-state index is 0.167. The van der Waals surface area contributed by atoms with Crippen molar-refractivity contribution in [3.63, 3.8) is 0 Å². The third kappa shape index (κ3) is 9.99. The first kappa shape index (κ1) is 64.8. The molecule has 0 saturated heterocycles. The first-order chi connectivity index (χ1) is 49.0. The Morgan fingerprint density at radius 3 is 1.34 bits per heavy atom. The molecule has 3 heterocycles. The van der Waals surface area contributed by atoms with E-state index in [1.165, 1.54) is 228 Å².